The van der Waals surface area contributed by atoms with E-state index in [1.54, 1.807) is 7.11 Å². The molecular formula is C31H33NO6. The van der Waals surface area contributed by atoms with Crippen LogP contribution in [0, 0.1) is 5.41 Å². The van der Waals surface area contributed by atoms with E-state index in [4.69, 9.17) is 23.7 Å². The predicted molar refractivity (Wildman–Crippen MR) is 142 cm³/mol. The lowest BCUT2D eigenvalue weighted by atomic mass is 9.69. The fourth-order valence-electron chi connectivity index (χ4n) is 6.53. The molecule has 7 nitrogen and oxygen atoms in total. The van der Waals surface area contributed by atoms with Crippen LogP contribution in [0.1, 0.15) is 55.7 Å². The Balaban J connectivity index is 1.41. The second-order valence-corrected chi connectivity index (χ2v) is 11.5. The number of carbonyl (C=O) groups excluding carboxylic acids is 1. The Labute approximate surface area is 223 Å². The summed E-state index contributed by atoms with van der Waals surface area (Å²) in [5.41, 5.74) is 6.44. The largest absolute Gasteiger partial charge is 0.493 e. The van der Waals surface area contributed by atoms with Crippen molar-refractivity contribution in [2.45, 2.75) is 45.4 Å². The molecule has 0 radical (unpaired) electrons. The minimum absolute atomic E-state index is 0.0988. The maximum absolute atomic E-state index is 13.8. The zero-order chi connectivity index (χ0) is 26.0. The highest BCUT2D eigenvalue weighted by molar-refractivity contribution is 6.01. The average molecular weight is 516 g/mol. The molecule has 0 spiro atoms. The van der Waals surface area contributed by atoms with Crippen molar-refractivity contribution in [1.29, 1.82) is 0 Å². The number of carbonyl (C=O) groups is 1. The number of ketones is 1. The molecule has 2 aromatic rings. The lowest BCUT2D eigenvalue weighted by Gasteiger charge is -2.46. The van der Waals surface area contributed by atoms with Crippen LogP contribution >= 0.6 is 0 Å². The summed E-state index contributed by atoms with van der Waals surface area (Å²) in [5.74, 6) is 3.54. The Hall–Kier alpha value is -3.61. The number of allylic oxidation sites excluding steroid dienone is 3. The molecule has 5 aliphatic rings. The topological polar surface area (TPSA) is 66.5 Å². The first-order chi connectivity index (χ1) is 18.4. The molecule has 4 heterocycles. The number of Topliss-reactive ketones (excluding diaryl/α,β-unsaturated/α-hetero) is 1. The molecule has 0 N–H and O–H groups in total. The SMILES string of the molecule is COc1cc([C@@H]2C=C3c4cc5c(cc4CCN3C3=C2C(=O)CC(C)(C)C3)OCCCO5)cc2c1OCCO2. The van der Waals surface area contributed by atoms with Crippen molar-refractivity contribution >= 4 is 11.5 Å². The molecule has 0 saturated heterocycles. The van der Waals surface area contributed by atoms with Crippen molar-refractivity contribution in [1.82, 2.24) is 4.90 Å². The summed E-state index contributed by atoms with van der Waals surface area (Å²) in [6.45, 7) is 7.50. The number of rotatable bonds is 2. The van der Waals surface area contributed by atoms with Crippen LogP contribution in [-0.4, -0.2) is 50.8 Å². The zero-order valence-electron chi connectivity index (χ0n) is 22.2. The van der Waals surface area contributed by atoms with Gasteiger partial charge in [-0.3, -0.25) is 4.79 Å². The van der Waals surface area contributed by atoms with Gasteiger partial charge in [-0.05, 0) is 59.7 Å². The number of methoxy groups -OCH3 is 1. The Morgan fingerprint density at radius 1 is 0.921 bits per heavy atom. The van der Waals surface area contributed by atoms with Gasteiger partial charge in [0, 0.05) is 47.8 Å². The summed E-state index contributed by atoms with van der Waals surface area (Å²) in [7, 11) is 1.64. The molecule has 1 atom stereocenters. The average Bonchev–Trinajstić information content (AvgIpc) is 3.14. The molecule has 0 bridgehead atoms. The van der Waals surface area contributed by atoms with E-state index in [2.05, 4.69) is 37.0 Å². The third kappa shape index (κ3) is 3.74. The van der Waals surface area contributed by atoms with E-state index in [1.807, 2.05) is 12.1 Å². The lowest BCUT2D eigenvalue weighted by Crippen LogP contribution is -2.40. The van der Waals surface area contributed by atoms with Crippen molar-refractivity contribution in [2.75, 3.05) is 40.1 Å². The first kappa shape index (κ1) is 23.5. The molecule has 38 heavy (non-hydrogen) atoms. The number of hydrogen-bond acceptors (Lipinski definition) is 7. The van der Waals surface area contributed by atoms with Gasteiger partial charge in [-0.25, -0.2) is 0 Å². The van der Waals surface area contributed by atoms with Crippen molar-refractivity contribution in [2.24, 2.45) is 5.41 Å². The van der Waals surface area contributed by atoms with Gasteiger partial charge >= 0.3 is 0 Å². The molecule has 0 aromatic heterocycles. The van der Waals surface area contributed by atoms with Crippen molar-refractivity contribution in [3.05, 3.63) is 58.3 Å². The molecule has 0 amide bonds. The summed E-state index contributed by atoms with van der Waals surface area (Å²) in [6.07, 6.45) is 5.40. The molecule has 0 saturated carbocycles. The van der Waals surface area contributed by atoms with Gasteiger partial charge in [0.1, 0.15) is 13.2 Å². The van der Waals surface area contributed by atoms with E-state index >= 15 is 0 Å². The molecule has 7 rings (SSSR count). The van der Waals surface area contributed by atoms with E-state index in [1.165, 1.54) is 5.56 Å². The van der Waals surface area contributed by atoms with Crippen molar-refractivity contribution in [3.8, 4) is 28.7 Å². The highest BCUT2D eigenvalue weighted by atomic mass is 16.6. The second-order valence-electron chi connectivity index (χ2n) is 11.5. The van der Waals surface area contributed by atoms with Crippen LogP contribution in [0.25, 0.3) is 5.70 Å². The van der Waals surface area contributed by atoms with E-state index in [0.717, 1.165) is 65.4 Å². The van der Waals surface area contributed by atoms with Crippen LogP contribution in [0.15, 0.2) is 41.6 Å². The van der Waals surface area contributed by atoms with Crippen LogP contribution in [-0.2, 0) is 11.2 Å². The van der Waals surface area contributed by atoms with Gasteiger partial charge in [0.15, 0.2) is 28.8 Å². The van der Waals surface area contributed by atoms with Crippen LogP contribution in [0.4, 0.5) is 0 Å². The fraction of sp³-hybridized carbons (Fsp3) is 0.452. The van der Waals surface area contributed by atoms with Gasteiger partial charge < -0.3 is 28.6 Å². The number of benzene rings is 2. The third-order valence-electron chi connectivity index (χ3n) is 8.21. The first-order valence-electron chi connectivity index (χ1n) is 13.6. The molecule has 4 aliphatic heterocycles. The molecular weight excluding hydrogens is 482 g/mol. The highest BCUT2D eigenvalue weighted by Crippen LogP contribution is 2.53. The lowest BCUT2D eigenvalue weighted by molar-refractivity contribution is -0.118. The summed E-state index contributed by atoms with van der Waals surface area (Å²) in [5, 5.41) is 0. The van der Waals surface area contributed by atoms with Gasteiger partial charge in [0.25, 0.3) is 0 Å². The van der Waals surface area contributed by atoms with Gasteiger partial charge in [-0.1, -0.05) is 13.8 Å². The predicted octanol–water partition coefficient (Wildman–Crippen LogP) is 5.27. The first-order valence-corrected chi connectivity index (χ1v) is 13.6. The number of nitrogens with zero attached hydrogens (tertiary/aromatic N) is 1. The van der Waals surface area contributed by atoms with E-state index in [0.29, 0.717) is 50.1 Å². The van der Waals surface area contributed by atoms with Gasteiger partial charge in [-0.15, -0.1) is 0 Å². The molecule has 1 aliphatic carbocycles. The minimum atomic E-state index is -0.216. The van der Waals surface area contributed by atoms with Crippen LogP contribution in [0.5, 0.6) is 28.7 Å². The van der Waals surface area contributed by atoms with Crippen molar-refractivity contribution < 1.29 is 28.5 Å². The van der Waals surface area contributed by atoms with E-state index in [9.17, 15) is 4.79 Å². The number of fused-ring (bicyclic) bond motifs is 6. The Kier molecular flexibility index (Phi) is 5.39. The zero-order valence-corrected chi connectivity index (χ0v) is 22.2. The van der Waals surface area contributed by atoms with Gasteiger partial charge in [0.2, 0.25) is 5.75 Å². The van der Waals surface area contributed by atoms with Crippen molar-refractivity contribution in [3.63, 3.8) is 0 Å². The Morgan fingerprint density at radius 3 is 2.50 bits per heavy atom. The van der Waals surface area contributed by atoms with E-state index < -0.39 is 0 Å². The van der Waals surface area contributed by atoms with E-state index in [-0.39, 0.29) is 17.1 Å². The third-order valence-corrected chi connectivity index (χ3v) is 8.21. The maximum Gasteiger partial charge on any atom is 0.203 e. The Bertz CT molecular complexity index is 1390. The molecule has 198 valence electrons. The summed E-state index contributed by atoms with van der Waals surface area (Å²) in [4.78, 5) is 16.2. The second kappa shape index (κ2) is 8.72. The fourth-order valence-corrected chi connectivity index (χ4v) is 6.53. The summed E-state index contributed by atoms with van der Waals surface area (Å²) < 4.78 is 29.6. The molecule has 7 heteroatoms. The Morgan fingerprint density at radius 2 is 1.68 bits per heavy atom. The van der Waals surface area contributed by atoms with Crippen LogP contribution < -0.4 is 23.7 Å². The maximum atomic E-state index is 13.8. The molecule has 2 aromatic carbocycles. The smallest absolute Gasteiger partial charge is 0.203 e. The van der Waals surface area contributed by atoms with Crippen LogP contribution in [0.2, 0.25) is 0 Å². The number of hydrogen-bond donors (Lipinski definition) is 0. The molecule has 0 fully saturated rings. The molecule has 0 unspecified atom stereocenters. The standard InChI is InChI=1S/C31H33NO6/c1-31(2)16-23-29(24(33)17-31)21(19-12-27(34-3)30-28(13-19)37-9-10-38-30)14-22-20-15-26-25(35-7-4-8-36-26)11-18(20)5-6-32(22)23/h11-15,21H,4-10,16-17H2,1-3H3/t21-/m0/s1. The minimum Gasteiger partial charge on any atom is -0.493 e. The van der Waals surface area contributed by atoms with Crippen LogP contribution in [0.3, 0.4) is 0 Å². The summed E-state index contributed by atoms with van der Waals surface area (Å²) >= 11 is 0. The van der Waals surface area contributed by atoms with Gasteiger partial charge in [0.05, 0.1) is 20.3 Å². The quantitative estimate of drug-likeness (QED) is 0.540. The van der Waals surface area contributed by atoms with Gasteiger partial charge in [-0.2, -0.15) is 0 Å². The summed E-state index contributed by atoms with van der Waals surface area (Å²) in [6, 6.07) is 8.30. The normalized spacial score (nSPS) is 23.0. The highest BCUT2D eigenvalue weighted by Gasteiger charge is 2.43. The monoisotopic (exact) mass is 515 g/mol. The number of ether oxygens (including phenoxy) is 5.